The van der Waals surface area contributed by atoms with Gasteiger partial charge in [-0.15, -0.1) is 11.3 Å². The smallest absolute Gasteiger partial charge is 0.223 e. The van der Waals surface area contributed by atoms with Crippen LogP contribution in [0.5, 0.6) is 0 Å². The number of aryl methyl sites for hydroxylation is 1. The van der Waals surface area contributed by atoms with E-state index in [1.54, 1.807) is 17.5 Å². The lowest BCUT2D eigenvalue weighted by molar-refractivity contribution is -0.131. The number of amides is 2. The molecule has 2 amide bonds. The molecule has 1 fully saturated rings. The van der Waals surface area contributed by atoms with E-state index in [-0.39, 0.29) is 17.7 Å². The van der Waals surface area contributed by atoms with Crippen LogP contribution in [0.4, 0.5) is 5.13 Å². The summed E-state index contributed by atoms with van der Waals surface area (Å²) in [4.78, 5) is 39.1. The van der Waals surface area contributed by atoms with E-state index < -0.39 is 0 Å². The Morgan fingerprint density at radius 3 is 2.80 bits per heavy atom. The molecule has 1 atom stereocenters. The van der Waals surface area contributed by atoms with Gasteiger partial charge in [-0.1, -0.05) is 13.0 Å². The zero-order valence-corrected chi connectivity index (χ0v) is 18.3. The normalized spacial score (nSPS) is 18.8. The molecule has 2 aliphatic rings. The second kappa shape index (κ2) is 9.55. The van der Waals surface area contributed by atoms with Crippen LogP contribution in [0.25, 0.3) is 0 Å². The Hall–Kier alpha value is -2.48. The quantitative estimate of drug-likeness (QED) is 0.764. The van der Waals surface area contributed by atoms with Crippen molar-refractivity contribution in [3.63, 3.8) is 0 Å². The maximum atomic E-state index is 12.6. The first kappa shape index (κ1) is 20.8. The van der Waals surface area contributed by atoms with Gasteiger partial charge < -0.3 is 15.1 Å². The predicted molar refractivity (Wildman–Crippen MR) is 118 cm³/mol. The fourth-order valence-corrected chi connectivity index (χ4v) is 5.33. The molecular weight excluding hydrogens is 398 g/mol. The molecule has 7 nitrogen and oxygen atoms in total. The molecule has 1 aliphatic heterocycles. The number of nitrogens with zero attached hydrogens (tertiary/aromatic N) is 4. The molecule has 2 aromatic heterocycles. The minimum Gasteiger partial charge on any atom is -0.355 e. The van der Waals surface area contributed by atoms with Gasteiger partial charge in [0.1, 0.15) is 0 Å². The monoisotopic (exact) mass is 427 g/mol. The number of pyridine rings is 1. The van der Waals surface area contributed by atoms with Gasteiger partial charge in [0, 0.05) is 68.3 Å². The first-order valence-electron chi connectivity index (χ1n) is 10.8. The first-order valence-corrected chi connectivity index (χ1v) is 11.6. The summed E-state index contributed by atoms with van der Waals surface area (Å²) in [5, 5.41) is 4.12. The molecule has 4 rings (SSSR count). The number of carbonyl (C=O) groups excluding carboxylic acids is 2. The molecule has 2 aromatic rings. The average molecular weight is 428 g/mol. The van der Waals surface area contributed by atoms with Crippen molar-refractivity contribution < 1.29 is 9.59 Å². The molecule has 8 heteroatoms. The lowest BCUT2D eigenvalue weighted by atomic mass is 9.90. The van der Waals surface area contributed by atoms with E-state index in [0.29, 0.717) is 13.0 Å². The molecule has 1 unspecified atom stereocenters. The van der Waals surface area contributed by atoms with Gasteiger partial charge in [0.15, 0.2) is 5.13 Å². The zero-order chi connectivity index (χ0) is 20.9. The number of aromatic nitrogens is 2. The molecule has 3 heterocycles. The molecule has 30 heavy (non-hydrogen) atoms. The van der Waals surface area contributed by atoms with Crippen molar-refractivity contribution in [1.82, 2.24) is 20.2 Å². The van der Waals surface area contributed by atoms with Crippen LogP contribution >= 0.6 is 11.3 Å². The fraction of sp³-hybridized carbons (Fsp3) is 0.545. The summed E-state index contributed by atoms with van der Waals surface area (Å²) in [6, 6.07) is 5.85. The Labute approximate surface area is 181 Å². The summed E-state index contributed by atoms with van der Waals surface area (Å²) in [6.07, 6.45) is 5.58. The molecule has 0 radical (unpaired) electrons. The number of carbonyl (C=O) groups is 2. The van der Waals surface area contributed by atoms with Crippen LogP contribution < -0.4 is 10.2 Å². The van der Waals surface area contributed by atoms with Crippen molar-refractivity contribution in [3.8, 4) is 0 Å². The van der Waals surface area contributed by atoms with Crippen molar-refractivity contribution in [3.05, 3.63) is 40.7 Å². The van der Waals surface area contributed by atoms with Crippen LogP contribution in [-0.2, 0) is 28.9 Å². The van der Waals surface area contributed by atoms with E-state index in [1.807, 2.05) is 30.0 Å². The van der Waals surface area contributed by atoms with Crippen molar-refractivity contribution in [2.75, 3.05) is 37.6 Å². The third kappa shape index (κ3) is 4.80. The number of hydrogen-bond donors (Lipinski definition) is 1. The second-order valence-corrected chi connectivity index (χ2v) is 8.95. The van der Waals surface area contributed by atoms with E-state index in [0.717, 1.165) is 68.4 Å². The fourth-order valence-electron chi connectivity index (χ4n) is 4.10. The molecule has 1 saturated heterocycles. The van der Waals surface area contributed by atoms with Gasteiger partial charge in [-0.3, -0.25) is 14.6 Å². The van der Waals surface area contributed by atoms with Gasteiger partial charge in [-0.25, -0.2) is 4.98 Å². The lowest BCUT2D eigenvalue weighted by Crippen LogP contribution is -2.48. The number of piperazine rings is 1. The highest BCUT2D eigenvalue weighted by Gasteiger charge is 2.29. The van der Waals surface area contributed by atoms with Crippen molar-refractivity contribution in [1.29, 1.82) is 0 Å². The average Bonchev–Trinajstić information content (AvgIpc) is 3.22. The van der Waals surface area contributed by atoms with Crippen molar-refractivity contribution in [2.45, 2.75) is 39.0 Å². The van der Waals surface area contributed by atoms with Gasteiger partial charge in [-0.05, 0) is 31.4 Å². The molecule has 1 N–H and O–H groups in total. The van der Waals surface area contributed by atoms with Gasteiger partial charge in [0.25, 0.3) is 0 Å². The highest BCUT2D eigenvalue weighted by atomic mass is 32.1. The van der Waals surface area contributed by atoms with Crippen molar-refractivity contribution >= 4 is 28.3 Å². The minimum absolute atomic E-state index is 0.0218. The molecule has 0 saturated carbocycles. The van der Waals surface area contributed by atoms with Gasteiger partial charge in [0.05, 0.1) is 5.69 Å². The van der Waals surface area contributed by atoms with Crippen LogP contribution in [0, 0.1) is 5.92 Å². The molecule has 0 spiro atoms. The van der Waals surface area contributed by atoms with Crippen LogP contribution in [0.3, 0.4) is 0 Å². The lowest BCUT2D eigenvalue weighted by Gasteiger charge is -2.34. The first-order chi connectivity index (χ1) is 14.6. The Bertz CT molecular complexity index is 877. The Morgan fingerprint density at radius 1 is 1.23 bits per heavy atom. The van der Waals surface area contributed by atoms with Gasteiger partial charge in [-0.2, -0.15) is 0 Å². The van der Waals surface area contributed by atoms with Gasteiger partial charge in [0.2, 0.25) is 11.8 Å². The maximum Gasteiger partial charge on any atom is 0.223 e. The SMILES string of the molecule is CCC(=O)N1CCN(c2nc3c(s2)CC(C(=O)NCCc2ccccn2)CC3)CC1. The molecular formula is C22H29N5O2S. The molecule has 1 aliphatic carbocycles. The molecule has 160 valence electrons. The van der Waals surface area contributed by atoms with E-state index in [2.05, 4.69) is 15.2 Å². The van der Waals surface area contributed by atoms with E-state index in [1.165, 1.54) is 4.88 Å². The van der Waals surface area contributed by atoms with E-state index in [4.69, 9.17) is 4.98 Å². The third-order valence-electron chi connectivity index (χ3n) is 5.91. The van der Waals surface area contributed by atoms with Crippen LogP contribution in [0.1, 0.15) is 36.0 Å². The summed E-state index contributed by atoms with van der Waals surface area (Å²) in [6.45, 7) is 5.71. The second-order valence-electron chi connectivity index (χ2n) is 7.89. The van der Waals surface area contributed by atoms with Crippen LogP contribution in [0.2, 0.25) is 0 Å². The largest absolute Gasteiger partial charge is 0.355 e. The third-order valence-corrected chi connectivity index (χ3v) is 7.09. The molecule has 0 aromatic carbocycles. The molecule has 0 bridgehead atoms. The van der Waals surface area contributed by atoms with Crippen molar-refractivity contribution in [2.24, 2.45) is 5.92 Å². The van der Waals surface area contributed by atoms with E-state index >= 15 is 0 Å². The Balaban J connectivity index is 1.29. The Kier molecular flexibility index (Phi) is 6.62. The van der Waals surface area contributed by atoms with Gasteiger partial charge >= 0.3 is 0 Å². The summed E-state index contributed by atoms with van der Waals surface area (Å²) in [7, 11) is 0. The highest BCUT2D eigenvalue weighted by Crippen LogP contribution is 2.34. The number of nitrogens with one attached hydrogen (secondary N) is 1. The predicted octanol–water partition coefficient (Wildman–Crippen LogP) is 2.06. The standard InChI is InChI=1S/C22H29N5O2S/c1-2-20(28)26-11-13-27(14-12-26)22-25-18-7-6-16(15-19(18)30-22)21(29)24-10-8-17-5-3-4-9-23-17/h3-5,9,16H,2,6-8,10-15H2,1H3,(H,24,29). The minimum atomic E-state index is 0.0218. The van der Waals surface area contributed by atoms with E-state index in [9.17, 15) is 9.59 Å². The highest BCUT2D eigenvalue weighted by molar-refractivity contribution is 7.15. The summed E-state index contributed by atoms with van der Waals surface area (Å²) in [5.74, 6) is 0.386. The number of hydrogen-bond acceptors (Lipinski definition) is 6. The summed E-state index contributed by atoms with van der Waals surface area (Å²) < 4.78 is 0. The topological polar surface area (TPSA) is 78.4 Å². The zero-order valence-electron chi connectivity index (χ0n) is 17.5. The van der Waals surface area contributed by atoms with Crippen LogP contribution in [0.15, 0.2) is 24.4 Å². The number of rotatable bonds is 6. The van der Waals surface area contributed by atoms with Crippen LogP contribution in [-0.4, -0.2) is 59.4 Å². The summed E-state index contributed by atoms with van der Waals surface area (Å²) in [5.41, 5.74) is 2.15. The maximum absolute atomic E-state index is 12.6. The number of fused-ring (bicyclic) bond motifs is 1. The number of thiazole rings is 1. The summed E-state index contributed by atoms with van der Waals surface area (Å²) >= 11 is 1.72. The Morgan fingerprint density at radius 2 is 2.07 bits per heavy atom. The number of anilines is 1.